The number of benzene rings is 8. The molecule has 3 aromatic heterocycles. The molecule has 11 aromatic rings. The summed E-state index contributed by atoms with van der Waals surface area (Å²) < 4.78 is 13.5. The summed E-state index contributed by atoms with van der Waals surface area (Å²) in [5.41, 5.74) is 10.2. The van der Waals surface area contributed by atoms with Gasteiger partial charge in [0.15, 0.2) is 17.5 Å². The van der Waals surface area contributed by atoms with Crippen LogP contribution in [0.4, 0.5) is 0 Å². The topological polar surface area (TPSA) is 43.6 Å². The largest absolute Gasteiger partial charge is 0.308 e. The van der Waals surface area contributed by atoms with Crippen molar-refractivity contribution < 1.29 is 1.37 Å². The number of nitrogens with zero attached hydrogens (tertiary/aromatic N) is 4. The first-order chi connectivity index (χ1) is 28.2. The van der Waals surface area contributed by atoms with Gasteiger partial charge in [0.2, 0.25) is 0 Å². The van der Waals surface area contributed by atoms with Crippen LogP contribution < -0.4 is 0 Å². The molecule has 0 saturated heterocycles. The maximum atomic E-state index is 8.62. The summed E-state index contributed by atoms with van der Waals surface area (Å²) in [5, 5.41) is 4.61. The van der Waals surface area contributed by atoms with E-state index in [1.807, 2.05) is 90.2 Å². The molecule has 11 rings (SSSR count). The zero-order valence-corrected chi connectivity index (χ0v) is 30.9. The Kier molecular flexibility index (Phi) is 7.39. The van der Waals surface area contributed by atoms with Crippen molar-refractivity contribution in [2.75, 3.05) is 0 Å². The van der Waals surface area contributed by atoms with Gasteiger partial charge in [0.05, 0.1) is 18.1 Å². The quantitative estimate of drug-likeness (QED) is 0.171. The highest BCUT2D eigenvalue weighted by Gasteiger charge is 2.21. The molecule has 0 saturated carbocycles. The third-order valence-electron chi connectivity index (χ3n) is 10.6. The Balaban J connectivity index is 1.24. The lowest BCUT2D eigenvalue weighted by molar-refractivity contribution is 1.06. The Morgan fingerprint density at radius 2 is 1.02 bits per heavy atom. The average molecular weight is 734 g/mol. The van der Waals surface area contributed by atoms with Gasteiger partial charge in [-0.05, 0) is 52.6 Å². The van der Waals surface area contributed by atoms with Gasteiger partial charge < -0.3 is 4.57 Å². The van der Waals surface area contributed by atoms with Crippen LogP contribution in [-0.4, -0.2) is 19.5 Å². The van der Waals surface area contributed by atoms with E-state index in [9.17, 15) is 0 Å². The Bertz CT molecular complexity index is 3240. The van der Waals surface area contributed by atoms with E-state index in [2.05, 4.69) is 114 Å². The first kappa shape index (κ1) is 31.2. The number of thiophene rings is 1. The van der Waals surface area contributed by atoms with Gasteiger partial charge >= 0.3 is 0 Å². The van der Waals surface area contributed by atoms with Crippen LogP contribution in [-0.2, 0) is 0 Å². The third-order valence-corrected chi connectivity index (χ3v) is 11.8. The van der Waals surface area contributed by atoms with E-state index in [-0.39, 0.29) is 0 Å². The molecule has 0 aliphatic heterocycles. The van der Waals surface area contributed by atoms with Crippen LogP contribution in [0.25, 0.3) is 104 Å². The fraction of sp³-hybridized carbons (Fsp3) is 0. The maximum Gasteiger partial charge on any atom is 0.166 e. The summed E-state index contributed by atoms with van der Waals surface area (Å²) in [6.45, 7) is 0. The van der Waals surface area contributed by atoms with E-state index in [4.69, 9.17) is 16.3 Å². The summed E-state index contributed by atoms with van der Waals surface area (Å²) in [7, 11) is 0. The highest BCUT2D eigenvalue weighted by molar-refractivity contribution is 7.26. The van der Waals surface area contributed by atoms with Gasteiger partial charge in [-0.15, -0.1) is 11.3 Å². The van der Waals surface area contributed by atoms with Gasteiger partial charge in [-0.2, -0.15) is 0 Å². The van der Waals surface area contributed by atoms with Crippen molar-refractivity contribution in [2.45, 2.75) is 0 Å². The minimum Gasteiger partial charge on any atom is -0.308 e. The van der Waals surface area contributed by atoms with E-state index >= 15 is 0 Å². The molecule has 8 aromatic carbocycles. The van der Waals surface area contributed by atoms with Crippen molar-refractivity contribution in [2.24, 2.45) is 0 Å². The van der Waals surface area contributed by atoms with E-state index in [0.29, 0.717) is 23.5 Å². The van der Waals surface area contributed by atoms with Crippen molar-refractivity contribution in [1.29, 1.82) is 0 Å². The number of hydrogen-bond acceptors (Lipinski definition) is 4. The molecule has 0 N–H and O–H groups in total. The van der Waals surface area contributed by atoms with Crippen LogP contribution in [0.15, 0.2) is 194 Å². The van der Waals surface area contributed by atoms with E-state index in [1.165, 1.54) is 20.2 Å². The van der Waals surface area contributed by atoms with Crippen molar-refractivity contribution in [3.05, 3.63) is 194 Å². The molecule has 0 spiro atoms. The van der Waals surface area contributed by atoms with Crippen LogP contribution in [0.5, 0.6) is 0 Å². The molecule has 0 fully saturated rings. The fourth-order valence-corrected chi connectivity index (χ4v) is 9.20. The second-order valence-electron chi connectivity index (χ2n) is 13.9. The maximum absolute atomic E-state index is 8.62. The van der Waals surface area contributed by atoms with E-state index in [1.54, 1.807) is 0 Å². The number of rotatable bonds is 6. The Morgan fingerprint density at radius 1 is 0.393 bits per heavy atom. The Labute approximate surface area is 329 Å². The lowest BCUT2D eigenvalue weighted by Crippen LogP contribution is -2.04. The molecule has 0 unspecified atom stereocenters. The van der Waals surface area contributed by atoms with Gasteiger partial charge in [-0.3, -0.25) is 0 Å². The van der Waals surface area contributed by atoms with Crippen LogP contribution in [0.3, 0.4) is 0 Å². The zero-order valence-electron chi connectivity index (χ0n) is 31.1. The summed E-state index contributed by atoms with van der Waals surface area (Å²) >= 11 is 1.83. The molecular formula is C51H32N4S. The van der Waals surface area contributed by atoms with Crippen LogP contribution >= 0.6 is 11.3 Å². The molecule has 56 heavy (non-hydrogen) atoms. The minimum absolute atomic E-state index is 0.471. The molecule has 5 heteroatoms. The van der Waals surface area contributed by atoms with Gasteiger partial charge in [0.1, 0.15) is 0 Å². The normalized spacial score (nSPS) is 11.8. The summed E-state index contributed by atoms with van der Waals surface area (Å²) in [4.78, 5) is 15.6. The molecule has 0 atom stereocenters. The summed E-state index contributed by atoms with van der Waals surface area (Å²) in [6.07, 6.45) is 0. The molecule has 0 aliphatic rings. The fourth-order valence-electron chi connectivity index (χ4n) is 7.96. The molecule has 3 heterocycles. The molecule has 4 nitrogen and oxygen atoms in total. The van der Waals surface area contributed by atoms with Crippen LogP contribution in [0.2, 0.25) is 0 Å². The lowest BCUT2D eigenvalue weighted by atomic mass is 9.99. The highest BCUT2D eigenvalue weighted by Crippen LogP contribution is 2.43. The van der Waals surface area contributed by atoms with Crippen molar-refractivity contribution >= 4 is 53.3 Å². The molecule has 0 bridgehead atoms. The monoisotopic (exact) mass is 733 g/mol. The van der Waals surface area contributed by atoms with Crippen LogP contribution in [0, 0.1) is 0 Å². The number of aromatic nitrogens is 4. The van der Waals surface area contributed by atoms with Crippen molar-refractivity contribution in [1.82, 2.24) is 19.5 Å². The summed E-state index contributed by atoms with van der Waals surface area (Å²) in [6, 6.07) is 65.7. The minimum atomic E-state index is 0.471. The standard InChI is InChI=1S/C51H32N4S/c1-4-15-33(16-5-1)36-27-29-40-39-21-10-12-25-44(39)55(46(40)32-36)45-30-28-37(38-23-14-24-42-41-22-11-13-26-47(41)56-48(38)42)31-43(45)51-53-49(34-17-6-2-7-18-34)52-50(54-51)35-19-8-3-9-20-35/h1-32H/i10D. The molecule has 0 amide bonds. The average Bonchev–Trinajstić information content (AvgIpc) is 3.82. The molecule has 0 aliphatic carbocycles. The smallest absolute Gasteiger partial charge is 0.166 e. The second-order valence-corrected chi connectivity index (χ2v) is 15.0. The van der Waals surface area contributed by atoms with Gasteiger partial charge in [-0.1, -0.05) is 164 Å². The second kappa shape index (κ2) is 13.3. The number of hydrogen-bond donors (Lipinski definition) is 0. The predicted molar refractivity (Wildman–Crippen MR) is 234 cm³/mol. The highest BCUT2D eigenvalue weighted by atomic mass is 32.1. The first-order valence-corrected chi connectivity index (χ1v) is 19.5. The number of fused-ring (bicyclic) bond motifs is 6. The zero-order chi connectivity index (χ0) is 37.9. The van der Waals surface area contributed by atoms with Crippen molar-refractivity contribution in [3.63, 3.8) is 0 Å². The van der Waals surface area contributed by atoms with Crippen molar-refractivity contribution in [3.8, 4) is 62.1 Å². The van der Waals surface area contributed by atoms with E-state index < -0.39 is 0 Å². The molecular weight excluding hydrogens is 701 g/mol. The SMILES string of the molecule is [2H]c1ccc2c(c1)c1ccc(-c3ccccc3)cc1n2-c1ccc(-c2cccc3c2sc2ccccc23)cc1-c1nc(-c2ccccc2)nc(-c2ccccc2)n1. The number of para-hydroxylation sites is 1. The summed E-state index contributed by atoms with van der Waals surface area (Å²) in [5.74, 6) is 1.79. The van der Waals surface area contributed by atoms with Gasteiger partial charge in [0, 0.05) is 47.6 Å². The lowest BCUT2D eigenvalue weighted by Gasteiger charge is -2.17. The molecule has 262 valence electrons. The third kappa shape index (κ3) is 5.40. The van der Waals surface area contributed by atoms with Gasteiger partial charge in [0.25, 0.3) is 0 Å². The Morgan fingerprint density at radius 3 is 1.77 bits per heavy atom. The van der Waals surface area contributed by atoms with E-state index in [0.717, 1.165) is 66.4 Å². The van der Waals surface area contributed by atoms with Crippen LogP contribution in [0.1, 0.15) is 1.37 Å². The van der Waals surface area contributed by atoms with Gasteiger partial charge in [-0.25, -0.2) is 15.0 Å². The predicted octanol–water partition coefficient (Wildman–Crippen LogP) is 13.7. The Hall–Kier alpha value is -7.21. The molecule has 0 radical (unpaired) electrons. The first-order valence-electron chi connectivity index (χ1n) is 19.2.